The molecule has 2 atom stereocenters. The lowest BCUT2D eigenvalue weighted by Gasteiger charge is -2.43. The van der Waals surface area contributed by atoms with Gasteiger partial charge in [-0.05, 0) is 32.6 Å². The first kappa shape index (κ1) is 15.5. The Morgan fingerprint density at radius 1 is 1.50 bits per heavy atom. The number of hydrogen-bond donors (Lipinski definition) is 2. The number of nitrogens with zero attached hydrogens (tertiary/aromatic N) is 2. The van der Waals surface area contributed by atoms with Gasteiger partial charge in [-0.1, -0.05) is 6.92 Å². The predicted octanol–water partition coefficient (Wildman–Crippen LogP) is 1.64. The molecule has 0 aliphatic carbocycles. The number of aromatic nitrogens is 2. The van der Waals surface area contributed by atoms with Gasteiger partial charge in [0.25, 0.3) is 0 Å². The number of ether oxygens (including phenoxy) is 1. The minimum atomic E-state index is -0.576. The van der Waals surface area contributed by atoms with Crippen LogP contribution in [0.5, 0.6) is 0 Å². The Kier molecular flexibility index (Phi) is 4.83. The monoisotopic (exact) mass is 281 g/mol. The number of nitrogens with one attached hydrogen (secondary N) is 1. The molecule has 0 spiro atoms. The summed E-state index contributed by atoms with van der Waals surface area (Å²) in [4.78, 5) is 2.41. The highest BCUT2D eigenvalue weighted by molar-refractivity contribution is 5.23. The average molecular weight is 281 g/mol. The topological polar surface area (TPSA) is 61.4 Å². The van der Waals surface area contributed by atoms with Crippen molar-refractivity contribution in [2.75, 3.05) is 26.8 Å². The summed E-state index contributed by atoms with van der Waals surface area (Å²) < 4.78 is 5.12. The summed E-state index contributed by atoms with van der Waals surface area (Å²) in [5.41, 5.74) is 2.94. The van der Waals surface area contributed by atoms with Crippen molar-refractivity contribution in [2.24, 2.45) is 5.92 Å². The van der Waals surface area contributed by atoms with Crippen LogP contribution in [0.1, 0.15) is 36.7 Å². The zero-order valence-electron chi connectivity index (χ0n) is 13.1. The summed E-state index contributed by atoms with van der Waals surface area (Å²) in [6, 6.07) is 0. The van der Waals surface area contributed by atoms with Crippen LogP contribution < -0.4 is 0 Å². The first-order valence-electron chi connectivity index (χ1n) is 7.40. The predicted molar refractivity (Wildman–Crippen MR) is 78.6 cm³/mol. The molecule has 1 fully saturated rings. The van der Waals surface area contributed by atoms with Crippen molar-refractivity contribution >= 4 is 0 Å². The molecule has 0 unspecified atom stereocenters. The lowest BCUT2D eigenvalue weighted by Crippen LogP contribution is -2.51. The van der Waals surface area contributed by atoms with E-state index in [4.69, 9.17) is 4.74 Å². The van der Waals surface area contributed by atoms with Crippen LogP contribution >= 0.6 is 0 Å². The molecule has 114 valence electrons. The molecule has 2 N–H and O–H groups in total. The molecular formula is C15H27N3O2. The number of aryl methyl sites for hydroxylation is 2. The van der Waals surface area contributed by atoms with Crippen molar-refractivity contribution in [3.05, 3.63) is 17.0 Å². The van der Waals surface area contributed by atoms with E-state index < -0.39 is 5.60 Å². The lowest BCUT2D eigenvalue weighted by atomic mass is 9.80. The third-order valence-corrected chi connectivity index (χ3v) is 4.71. The van der Waals surface area contributed by atoms with Gasteiger partial charge in [-0.3, -0.25) is 10.00 Å². The fraction of sp³-hybridized carbons (Fsp3) is 0.800. The molecule has 0 aromatic carbocycles. The van der Waals surface area contributed by atoms with Gasteiger partial charge in [0.2, 0.25) is 0 Å². The Labute approximate surface area is 121 Å². The molecule has 20 heavy (non-hydrogen) atoms. The second-order valence-corrected chi connectivity index (χ2v) is 6.15. The minimum Gasteiger partial charge on any atom is -0.389 e. The Bertz CT molecular complexity index is 427. The maximum absolute atomic E-state index is 10.7. The SMILES string of the molecule is COCC[C@]1(O)CCN(Cc2c(C)n[nH]c2C)C[C@H]1C. The van der Waals surface area contributed by atoms with E-state index in [1.807, 2.05) is 6.92 Å². The van der Waals surface area contributed by atoms with Crippen molar-refractivity contribution in [1.29, 1.82) is 0 Å². The molecule has 1 aliphatic rings. The van der Waals surface area contributed by atoms with E-state index in [0.717, 1.165) is 43.9 Å². The van der Waals surface area contributed by atoms with Gasteiger partial charge in [-0.15, -0.1) is 0 Å². The summed E-state index contributed by atoms with van der Waals surface area (Å²) in [7, 11) is 1.69. The van der Waals surface area contributed by atoms with E-state index in [-0.39, 0.29) is 5.92 Å². The van der Waals surface area contributed by atoms with Gasteiger partial charge in [0.1, 0.15) is 0 Å². The first-order chi connectivity index (χ1) is 9.46. The number of piperidine rings is 1. The Morgan fingerprint density at radius 2 is 2.25 bits per heavy atom. The Balaban J connectivity index is 1.95. The average Bonchev–Trinajstić information content (AvgIpc) is 2.73. The minimum absolute atomic E-state index is 0.263. The Morgan fingerprint density at radius 3 is 2.80 bits per heavy atom. The third-order valence-electron chi connectivity index (χ3n) is 4.71. The van der Waals surface area contributed by atoms with Gasteiger partial charge < -0.3 is 9.84 Å². The smallest absolute Gasteiger partial charge is 0.0719 e. The van der Waals surface area contributed by atoms with Crippen molar-refractivity contribution < 1.29 is 9.84 Å². The summed E-state index contributed by atoms with van der Waals surface area (Å²) >= 11 is 0. The fourth-order valence-corrected chi connectivity index (χ4v) is 3.07. The molecule has 0 amide bonds. The number of methoxy groups -OCH3 is 1. The van der Waals surface area contributed by atoms with Crippen LogP contribution in [0.25, 0.3) is 0 Å². The van der Waals surface area contributed by atoms with E-state index in [1.165, 1.54) is 5.56 Å². The van der Waals surface area contributed by atoms with Gasteiger partial charge in [0.15, 0.2) is 0 Å². The molecule has 5 heteroatoms. The first-order valence-corrected chi connectivity index (χ1v) is 7.40. The molecule has 0 saturated carbocycles. The molecule has 2 heterocycles. The summed E-state index contributed by atoms with van der Waals surface area (Å²) in [5.74, 6) is 0.263. The zero-order valence-corrected chi connectivity index (χ0v) is 13.1. The number of aliphatic hydroxyl groups is 1. The van der Waals surface area contributed by atoms with E-state index in [2.05, 4.69) is 28.9 Å². The van der Waals surface area contributed by atoms with Gasteiger partial charge in [-0.2, -0.15) is 5.10 Å². The maximum Gasteiger partial charge on any atom is 0.0719 e. The summed E-state index contributed by atoms with van der Waals surface area (Å²) in [6.45, 7) is 9.63. The molecule has 1 aliphatic heterocycles. The molecule has 5 nitrogen and oxygen atoms in total. The summed E-state index contributed by atoms with van der Waals surface area (Å²) in [5, 5.41) is 18.0. The van der Waals surface area contributed by atoms with Crippen LogP contribution in [0, 0.1) is 19.8 Å². The van der Waals surface area contributed by atoms with E-state index in [0.29, 0.717) is 6.61 Å². The Hall–Kier alpha value is -0.910. The zero-order chi connectivity index (χ0) is 14.8. The number of rotatable bonds is 5. The molecule has 0 radical (unpaired) electrons. The van der Waals surface area contributed by atoms with Crippen molar-refractivity contribution in [2.45, 2.75) is 45.8 Å². The van der Waals surface area contributed by atoms with Gasteiger partial charge >= 0.3 is 0 Å². The maximum atomic E-state index is 10.7. The fourth-order valence-electron chi connectivity index (χ4n) is 3.07. The number of hydrogen-bond acceptors (Lipinski definition) is 4. The van der Waals surface area contributed by atoms with Crippen molar-refractivity contribution in [3.8, 4) is 0 Å². The normalized spacial score (nSPS) is 27.9. The molecule has 1 saturated heterocycles. The van der Waals surface area contributed by atoms with Gasteiger partial charge in [0.05, 0.1) is 11.3 Å². The molecular weight excluding hydrogens is 254 g/mol. The third kappa shape index (κ3) is 3.22. The number of likely N-dealkylation sites (tertiary alicyclic amines) is 1. The molecule has 1 aromatic rings. The molecule has 1 aromatic heterocycles. The van der Waals surface area contributed by atoms with E-state index >= 15 is 0 Å². The van der Waals surface area contributed by atoms with Crippen molar-refractivity contribution in [1.82, 2.24) is 15.1 Å². The van der Waals surface area contributed by atoms with Crippen LogP contribution in [-0.4, -0.2) is 52.6 Å². The summed E-state index contributed by atoms with van der Waals surface area (Å²) in [6.07, 6.45) is 1.54. The molecule has 2 rings (SSSR count). The number of H-pyrrole nitrogens is 1. The van der Waals surface area contributed by atoms with Crippen LogP contribution in [0.4, 0.5) is 0 Å². The van der Waals surface area contributed by atoms with Crippen molar-refractivity contribution in [3.63, 3.8) is 0 Å². The van der Waals surface area contributed by atoms with Crippen LogP contribution in [-0.2, 0) is 11.3 Å². The number of aromatic amines is 1. The van der Waals surface area contributed by atoms with E-state index in [1.54, 1.807) is 7.11 Å². The highest BCUT2D eigenvalue weighted by Gasteiger charge is 2.38. The highest BCUT2D eigenvalue weighted by Crippen LogP contribution is 2.31. The second kappa shape index (κ2) is 6.24. The quantitative estimate of drug-likeness (QED) is 0.861. The molecule has 0 bridgehead atoms. The van der Waals surface area contributed by atoms with Crippen LogP contribution in [0.2, 0.25) is 0 Å². The van der Waals surface area contributed by atoms with Gasteiger partial charge in [-0.25, -0.2) is 0 Å². The second-order valence-electron chi connectivity index (χ2n) is 6.15. The van der Waals surface area contributed by atoms with Crippen LogP contribution in [0.15, 0.2) is 0 Å². The highest BCUT2D eigenvalue weighted by atomic mass is 16.5. The van der Waals surface area contributed by atoms with Crippen LogP contribution in [0.3, 0.4) is 0 Å². The van der Waals surface area contributed by atoms with Gasteiger partial charge in [0, 0.05) is 44.6 Å². The van der Waals surface area contributed by atoms with E-state index in [9.17, 15) is 5.11 Å². The lowest BCUT2D eigenvalue weighted by molar-refractivity contribution is -0.0827. The largest absolute Gasteiger partial charge is 0.389 e. The standard InChI is InChI=1S/C15H27N3O2/c1-11-9-18(7-5-15(11,19)6-8-20-4)10-14-12(2)16-17-13(14)3/h11,19H,5-10H2,1-4H3,(H,16,17)/t11-,15-/m1/s1.